The van der Waals surface area contributed by atoms with Gasteiger partial charge in [0.25, 0.3) is 0 Å². The highest BCUT2D eigenvalue weighted by Crippen LogP contribution is 2.18. The Morgan fingerprint density at radius 2 is 0.635 bits per heavy atom. The molecular weight excluding hydrogens is 911 g/mol. The van der Waals surface area contributed by atoms with E-state index in [1.54, 1.807) is 6.08 Å². The third-order valence-electron chi connectivity index (χ3n) is 15.7. The first kappa shape index (κ1) is 72.3. The smallest absolute Gasteiger partial charge is 0.305 e. The number of amides is 1. The fourth-order valence-corrected chi connectivity index (χ4v) is 10.6. The third kappa shape index (κ3) is 59.6. The lowest BCUT2D eigenvalue weighted by atomic mass is 10.0. The Morgan fingerprint density at radius 1 is 0.365 bits per heavy atom. The molecule has 0 aliphatic heterocycles. The molecule has 0 aromatic heterocycles. The number of ether oxygens (including phenoxy) is 1. The highest BCUT2D eigenvalue weighted by Gasteiger charge is 2.18. The molecule has 1 amide bonds. The van der Waals surface area contributed by atoms with Gasteiger partial charge in [-0.15, -0.1) is 0 Å². The van der Waals surface area contributed by atoms with E-state index in [9.17, 15) is 19.8 Å². The van der Waals surface area contributed by atoms with Crippen molar-refractivity contribution in [2.24, 2.45) is 0 Å². The minimum absolute atomic E-state index is 0.0105. The van der Waals surface area contributed by atoms with Crippen molar-refractivity contribution in [1.29, 1.82) is 0 Å². The van der Waals surface area contributed by atoms with E-state index in [1.165, 1.54) is 302 Å². The van der Waals surface area contributed by atoms with Crippen molar-refractivity contribution in [2.75, 3.05) is 13.2 Å². The maximum Gasteiger partial charge on any atom is 0.305 e. The molecule has 6 heteroatoms. The van der Waals surface area contributed by atoms with Gasteiger partial charge < -0.3 is 20.3 Å². The SMILES string of the molecule is CCCCCCCCC/C=C\CCCCCCCCCC(=O)OCCCCCCCCCCCCCCCCCCCCCCCCC(=O)NC(CO)C(O)/C=C/CCCCCCCCCCCCCCCCC. The zero-order valence-electron chi connectivity index (χ0n) is 50.1. The molecule has 2 atom stereocenters. The van der Waals surface area contributed by atoms with Crippen LogP contribution in [0.3, 0.4) is 0 Å². The number of rotatable bonds is 63. The highest BCUT2D eigenvalue weighted by molar-refractivity contribution is 5.76. The summed E-state index contributed by atoms with van der Waals surface area (Å²) >= 11 is 0. The van der Waals surface area contributed by atoms with Gasteiger partial charge in [-0.25, -0.2) is 0 Å². The van der Waals surface area contributed by atoms with E-state index in [2.05, 4.69) is 31.3 Å². The van der Waals surface area contributed by atoms with E-state index in [-0.39, 0.29) is 18.5 Å². The van der Waals surface area contributed by atoms with Crippen LogP contribution in [0, 0.1) is 0 Å². The standard InChI is InChI=1S/C68H131NO5/c1-3-5-7-9-11-13-15-17-19-21-30-34-38-42-46-50-54-58-62-68(73)74-63-59-55-51-47-43-39-35-31-27-25-23-22-24-26-29-33-37-41-45-49-53-57-61-67(72)69-65(64-70)66(71)60-56-52-48-44-40-36-32-28-20-18-16-14-12-10-8-6-4-2/h19,21,56,60,65-66,70-71H,3-18,20,22-55,57-59,61-64H2,1-2H3,(H,69,72)/b21-19-,60-56+. The Bertz CT molecular complexity index is 1150. The van der Waals surface area contributed by atoms with E-state index in [4.69, 9.17) is 4.74 Å². The van der Waals surface area contributed by atoms with Crippen molar-refractivity contribution < 1.29 is 24.5 Å². The minimum atomic E-state index is -0.845. The van der Waals surface area contributed by atoms with Crippen molar-refractivity contribution in [3.63, 3.8) is 0 Å². The number of allylic oxidation sites excluding steroid dienone is 3. The lowest BCUT2D eigenvalue weighted by molar-refractivity contribution is -0.143. The van der Waals surface area contributed by atoms with Crippen LogP contribution in [0.15, 0.2) is 24.3 Å². The van der Waals surface area contributed by atoms with Gasteiger partial charge in [-0.05, 0) is 57.8 Å². The number of hydrogen-bond acceptors (Lipinski definition) is 5. The van der Waals surface area contributed by atoms with Crippen LogP contribution in [0.5, 0.6) is 0 Å². The molecule has 0 aromatic carbocycles. The van der Waals surface area contributed by atoms with E-state index in [0.717, 1.165) is 44.9 Å². The highest BCUT2D eigenvalue weighted by atomic mass is 16.5. The number of carbonyl (C=O) groups excluding carboxylic acids is 2. The molecule has 0 saturated carbocycles. The van der Waals surface area contributed by atoms with E-state index in [1.807, 2.05) is 6.08 Å². The molecule has 2 unspecified atom stereocenters. The second-order valence-corrected chi connectivity index (χ2v) is 23.2. The topological polar surface area (TPSA) is 95.9 Å². The number of unbranched alkanes of at least 4 members (excludes halogenated alkanes) is 50. The summed E-state index contributed by atoms with van der Waals surface area (Å²) in [5, 5.41) is 23.2. The predicted octanol–water partition coefficient (Wildman–Crippen LogP) is 21.4. The maximum atomic E-state index is 12.5. The lowest BCUT2D eigenvalue weighted by Crippen LogP contribution is -2.45. The number of hydrogen-bond donors (Lipinski definition) is 3. The number of aliphatic hydroxyl groups is 2. The molecule has 0 fully saturated rings. The Labute approximate surface area is 462 Å². The molecule has 0 spiro atoms. The summed E-state index contributed by atoms with van der Waals surface area (Å²) in [5.74, 6) is -0.0549. The quantitative estimate of drug-likeness (QED) is 0.0320. The van der Waals surface area contributed by atoms with Crippen LogP contribution >= 0.6 is 0 Å². The average Bonchev–Trinajstić information content (AvgIpc) is 3.40. The Morgan fingerprint density at radius 3 is 0.959 bits per heavy atom. The van der Waals surface area contributed by atoms with Gasteiger partial charge in [0.05, 0.1) is 25.4 Å². The van der Waals surface area contributed by atoms with E-state index < -0.39 is 12.1 Å². The average molecular weight is 1040 g/mol. The predicted molar refractivity (Wildman–Crippen MR) is 324 cm³/mol. The van der Waals surface area contributed by atoms with Gasteiger partial charge in [0.2, 0.25) is 5.91 Å². The second kappa shape index (κ2) is 63.9. The van der Waals surface area contributed by atoms with Crippen molar-refractivity contribution >= 4 is 11.9 Å². The van der Waals surface area contributed by atoms with Crippen LogP contribution < -0.4 is 5.32 Å². The largest absolute Gasteiger partial charge is 0.466 e. The first-order valence-electron chi connectivity index (χ1n) is 33.6. The molecule has 0 radical (unpaired) electrons. The molecule has 0 aliphatic rings. The first-order chi connectivity index (χ1) is 36.5. The molecule has 0 rings (SSSR count). The van der Waals surface area contributed by atoms with Gasteiger partial charge in [-0.2, -0.15) is 0 Å². The monoisotopic (exact) mass is 1040 g/mol. The van der Waals surface area contributed by atoms with Gasteiger partial charge in [0.1, 0.15) is 0 Å². The first-order valence-corrected chi connectivity index (χ1v) is 33.6. The molecule has 0 aromatic rings. The van der Waals surface area contributed by atoms with Gasteiger partial charge in [-0.1, -0.05) is 327 Å². The molecule has 6 nitrogen and oxygen atoms in total. The van der Waals surface area contributed by atoms with E-state index in [0.29, 0.717) is 19.4 Å². The Kier molecular flexibility index (Phi) is 62.4. The summed E-state index contributed by atoms with van der Waals surface area (Å²) < 4.78 is 5.50. The lowest BCUT2D eigenvalue weighted by Gasteiger charge is -2.20. The molecule has 0 saturated heterocycles. The van der Waals surface area contributed by atoms with Gasteiger partial charge >= 0.3 is 5.97 Å². The van der Waals surface area contributed by atoms with Crippen molar-refractivity contribution in [1.82, 2.24) is 5.32 Å². The molecule has 0 heterocycles. The normalized spacial score (nSPS) is 12.6. The maximum absolute atomic E-state index is 12.5. The molecule has 0 aliphatic carbocycles. The van der Waals surface area contributed by atoms with Crippen LogP contribution in [0.2, 0.25) is 0 Å². The number of carbonyl (C=O) groups is 2. The van der Waals surface area contributed by atoms with E-state index >= 15 is 0 Å². The van der Waals surface area contributed by atoms with Crippen LogP contribution in [0.25, 0.3) is 0 Å². The number of nitrogens with one attached hydrogen (secondary N) is 1. The summed E-state index contributed by atoms with van der Waals surface area (Å²) in [5.41, 5.74) is 0. The van der Waals surface area contributed by atoms with Crippen molar-refractivity contribution in [2.45, 2.75) is 386 Å². The summed E-state index contributed by atoms with van der Waals surface area (Å²) in [7, 11) is 0. The molecule has 438 valence electrons. The third-order valence-corrected chi connectivity index (χ3v) is 15.7. The minimum Gasteiger partial charge on any atom is -0.466 e. The Hall–Kier alpha value is -1.66. The number of esters is 1. The Balaban J connectivity index is 3.39. The fourth-order valence-electron chi connectivity index (χ4n) is 10.6. The van der Waals surface area contributed by atoms with Gasteiger partial charge in [0, 0.05) is 12.8 Å². The van der Waals surface area contributed by atoms with Gasteiger partial charge in [-0.3, -0.25) is 9.59 Å². The zero-order valence-corrected chi connectivity index (χ0v) is 50.1. The number of aliphatic hydroxyl groups excluding tert-OH is 2. The van der Waals surface area contributed by atoms with Gasteiger partial charge in [0.15, 0.2) is 0 Å². The summed E-state index contributed by atoms with van der Waals surface area (Å²) in [6.45, 7) is 4.93. The molecule has 0 bridgehead atoms. The fraction of sp³-hybridized carbons (Fsp3) is 0.912. The molecular formula is C68H131NO5. The van der Waals surface area contributed by atoms with Crippen LogP contribution in [-0.2, 0) is 14.3 Å². The molecule has 3 N–H and O–H groups in total. The van der Waals surface area contributed by atoms with Crippen LogP contribution in [0.1, 0.15) is 373 Å². The molecule has 74 heavy (non-hydrogen) atoms. The summed E-state index contributed by atoms with van der Waals surface area (Å²) in [4.78, 5) is 24.6. The van der Waals surface area contributed by atoms with Crippen LogP contribution in [0.4, 0.5) is 0 Å². The van der Waals surface area contributed by atoms with Crippen LogP contribution in [-0.4, -0.2) is 47.4 Å². The van der Waals surface area contributed by atoms with Crippen molar-refractivity contribution in [3.05, 3.63) is 24.3 Å². The zero-order chi connectivity index (χ0) is 53.6. The summed E-state index contributed by atoms with van der Waals surface area (Å²) in [6.07, 6.45) is 79.5. The van der Waals surface area contributed by atoms with Crippen molar-refractivity contribution in [3.8, 4) is 0 Å². The second-order valence-electron chi connectivity index (χ2n) is 23.2. The summed E-state index contributed by atoms with van der Waals surface area (Å²) in [6, 6.07) is -0.628.